The minimum Gasteiger partial charge on any atom is -0.355 e. The highest BCUT2D eigenvalue weighted by atomic mass is 32.2. The molecule has 0 unspecified atom stereocenters. The Balaban J connectivity index is 3.87. The quantitative estimate of drug-likeness (QED) is 0.651. The van der Waals surface area contributed by atoms with Crippen LogP contribution < -0.4 is 10.5 Å². The molecule has 3 N–H and O–H groups in total. The van der Waals surface area contributed by atoms with Gasteiger partial charge in [-0.25, -0.2) is 13.6 Å². The van der Waals surface area contributed by atoms with Gasteiger partial charge in [-0.2, -0.15) is 0 Å². The first-order valence-electron chi connectivity index (χ1n) is 3.92. The average Bonchev–Trinajstić information content (AvgIpc) is 1.82. The molecule has 13 heavy (non-hydrogen) atoms. The molecular weight excluding hydrogens is 192 g/mol. The van der Waals surface area contributed by atoms with Crippen LogP contribution in [-0.2, 0) is 14.8 Å². The number of carbonyl (C=O) groups is 1. The number of hydrogen-bond donors (Lipinski definition) is 2. The van der Waals surface area contributed by atoms with Crippen LogP contribution in [0.25, 0.3) is 0 Å². The highest BCUT2D eigenvalue weighted by molar-refractivity contribution is 7.89. The van der Waals surface area contributed by atoms with Gasteiger partial charge in [-0.15, -0.1) is 0 Å². The Labute approximate surface area is 78.7 Å². The topological polar surface area (TPSA) is 89.3 Å². The lowest BCUT2D eigenvalue weighted by Crippen LogP contribution is -2.38. The summed E-state index contributed by atoms with van der Waals surface area (Å²) < 4.78 is 21.0. The van der Waals surface area contributed by atoms with Crippen LogP contribution in [0.3, 0.4) is 0 Å². The second kappa shape index (κ2) is 4.06. The summed E-state index contributed by atoms with van der Waals surface area (Å²) in [5.74, 6) is -0.411. The van der Waals surface area contributed by atoms with Gasteiger partial charge < -0.3 is 5.32 Å². The summed E-state index contributed by atoms with van der Waals surface area (Å²) in [5.41, 5.74) is -0.502. The molecule has 0 aromatic rings. The SMILES string of the molecule is CC(C)(C)C(=O)NCCS(N)(=O)=O. The maximum absolute atomic E-state index is 11.2. The molecule has 0 aliphatic carbocycles. The third-order valence-electron chi connectivity index (χ3n) is 1.35. The summed E-state index contributed by atoms with van der Waals surface area (Å²) >= 11 is 0. The van der Waals surface area contributed by atoms with E-state index in [-0.39, 0.29) is 18.2 Å². The van der Waals surface area contributed by atoms with Crippen LogP contribution in [-0.4, -0.2) is 26.6 Å². The van der Waals surface area contributed by atoms with E-state index < -0.39 is 15.4 Å². The molecule has 6 heteroatoms. The van der Waals surface area contributed by atoms with Crippen LogP contribution in [0.1, 0.15) is 20.8 Å². The molecule has 0 radical (unpaired) electrons. The third-order valence-corrected chi connectivity index (χ3v) is 2.13. The van der Waals surface area contributed by atoms with Crippen molar-refractivity contribution in [2.24, 2.45) is 10.6 Å². The van der Waals surface area contributed by atoms with Crippen LogP contribution in [0.2, 0.25) is 0 Å². The van der Waals surface area contributed by atoms with Gasteiger partial charge in [0.05, 0.1) is 5.75 Å². The summed E-state index contributed by atoms with van der Waals surface area (Å²) in [5, 5.41) is 7.23. The molecule has 0 atom stereocenters. The maximum Gasteiger partial charge on any atom is 0.225 e. The van der Waals surface area contributed by atoms with Gasteiger partial charge in [-0.05, 0) is 0 Å². The molecule has 0 saturated carbocycles. The molecule has 5 nitrogen and oxygen atoms in total. The largest absolute Gasteiger partial charge is 0.355 e. The van der Waals surface area contributed by atoms with Gasteiger partial charge in [0.1, 0.15) is 0 Å². The van der Waals surface area contributed by atoms with Crippen LogP contribution in [0.15, 0.2) is 0 Å². The minimum absolute atomic E-state index is 0.0644. The Bertz CT molecular complexity index is 277. The standard InChI is InChI=1S/C7H16N2O3S/c1-7(2,3)6(10)9-4-5-13(8,11)12/h4-5H2,1-3H3,(H,9,10)(H2,8,11,12). The van der Waals surface area contributed by atoms with Crippen molar-refractivity contribution in [3.63, 3.8) is 0 Å². The number of carbonyl (C=O) groups excluding carboxylic acids is 1. The molecule has 0 spiro atoms. The Morgan fingerprint density at radius 3 is 2.15 bits per heavy atom. The molecule has 0 saturated heterocycles. The van der Waals surface area contributed by atoms with E-state index in [2.05, 4.69) is 5.32 Å². The van der Waals surface area contributed by atoms with Gasteiger partial charge in [0, 0.05) is 12.0 Å². The van der Waals surface area contributed by atoms with E-state index in [0.29, 0.717) is 0 Å². The van der Waals surface area contributed by atoms with Gasteiger partial charge in [-0.3, -0.25) is 4.79 Å². The van der Waals surface area contributed by atoms with E-state index in [0.717, 1.165) is 0 Å². The molecule has 0 aromatic carbocycles. The van der Waals surface area contributed by atoms with Gasteiger partial charge in [0.15, 0.2) is 0 Å². The molecule has 78 valence electrons. The zero-order valence-corrected chi connectivity index (χ0v) is 8.94. The number of primary sulfonamides is 1. The zero-order valence-electron chi connectivity index (χ0n) is 8.12. The third kappa shape index (κ3) is 6.53. The summed E-state index contributed by atoms with van der Waals surface area (Å²) in [6, 6.07) is 0. The van der Waals surface area contributed by atoms with Crippen molar-refractivity contribution in [2.75, 3.05) is 12.3 Å². The Morgan fingerprint density at radius 1 is 1.38 bits per heavy atom. The van der Waals surface area contributed by atoms with Crippen molar-refractivity contribution in [3.05, 3.63) is 0 Å². The summed E-state index contributed by atoms with van der Waals surface area (Å²) in [7, 11) is -3.48. The normalized spacial score (nSPS) is 12.6. The highest BCUT2D eigenvalue weighted by Gasteiger charge is 2.20. The molecule has 0 aromatic heterocycles. The number of amides is 1. The van der Waals surface area contributed by atoms with Crippen LogP contribution in [0.4, 0.5) is 0 Å². The van der Waals surface area contributed by atoms with Gasteiger partial charge in [0.25, 0.3) is 0 Å². The van der Waals surface area contributed by atoms with E-state index in [9.17, 15) is 13.2 Å². The summed E-state index contributed by atoms with van der Waals surface area (Å²) in [6.45, 7) is 5.31. The fourth-order valence-electron chi connectivity index (χ4n) is 0.572. The Morgan fingerprint density at radius 2 is 1.85 bits per heavy atom. The second-order valence-corrected chi connectivity index (χ2v) is 5.61. The van der Waals surface area contributed by atoms with Crippen molar-refractivity contribution < 1.29 is 13.2 Å². The number of nitrogens with one attached hydrogen (secondary N) is 1. The average molecular weight is 208 g/mol. The van der Waals surface area contributed by atoms with E-state index in [1.807, 2.05) is 0 Å². The van der Waals surface area contributed by atoms with Gasteiger partial charge in [0.2, 0.25) is 15.9 Å². The van der Waals surface area contributed by atoms with Gasteiger partial charge in [-0.1, -0.05) is 20.8 Å². The molecular formula is C7H16N2O3S. The predicted octanol–water partition coefficient (Wildman–Crippen LogP) is -0.563. The fourth-order valence-corrected chi connectivity index (χ4v) is 0.959. The number of rotatable bonds is 3. The minimum atomic E-state index is -3.48. The molecule has 1 amide bonds. The molecule has 0 bridgehead atoms. The summed E-state index contributed by atoms with van der Waals surface area (Å²) in [4.78, 5) is 11.2. The Hall–Kier alpha value is -0.620. The van der Waals surface area contributed by atoms with E-state index in [4.69, 9.17) is 5.14 Å². The molecule has 0 rings (SSSR count). The van der Waals surface area contributed by atoms with Crippen molar-refractivity contribution in [3.8, 4) is 0 Å². The van der Waals surface area contributed by atoms with Crippen molar-refractivity contribution in [2.45, 2.75) is 20.8 Å². The van der Waals surface area contributed by atoms with E-state index >= 15 is 0 Å². The monoisotopic (exact) mass is 208 g/mol. The number of hydrogen-bond acceptors (Lipinski definition) is 3. The van der Waals surface area contributed by atoms with E-state index in [1.54, 1.807) is 20.8 Å². The second-order valence-electron chi connectivity index (χ2n) is 3.87. The predicted molar refractivity (Wildman–Crippen MR) is 50.4 cm³/mol. The fraction of sp³-hybridized carbons (Fsp3) is 0.857. The first-order valence-corrected chi connectivity index (χ1v) is 5.63. The zero-order chi connectivity index (χ0) is 10.7. The number of nitrogens with two attached hydrogens (primary N) is 1. The lowest BCUT2D eigenvalue weighted by molar-refractivity contribution is -0.128. The maximum atomic E-state index is 11.2. The van der Waals surface area contributed by atoms with Gasteiger partial charge >= 0.3 is 0 Å². The summed E-state index contributed by atoms with van der Waals surface area (Å²) in [6.07, 6.45) is 0. The first kappa shape index (κ1) is 12.4. The molecule has 0 aliphatic heterocycles. The Kier molecular flexibility index (Phi) is 3.87. The van der Waals surface area contributed by atoms with Crippen molar-refractivity contribution >= 4 is 15.9 Å². The van der Waals surface area contributed by atoms with E-state index in [1.165, 1.54) is 0 Å². The highest BCUT2D eigenvalue weighted by Crippen LogP contribution is 2.11. The lowest BCUT2D eigenvalue weighted by Gasteiger charge is -2.17. The van der Waals surface area contributed by atoms with Crippen LogP contribution in [0.5, 0.6) is 0 Å². The molecule has 0 fully saturated rings. The number of sulfonamides is 1. The lowest BCUT2D eigenvalue weighted by atomic mass is 9.96. The van der Waals surface area contributed by atoms with Crippen molar-refractivity contribution in [1.82, 2.24) is 5.32 Å². The van der Waals surface area contributed by atoms with Crippen LogP contribution >= 0.6 is 0 Å². The molecule has 0 heterocycles. The molecule has 0 aliphatic rings. The smallest absolute Gasteiger partial charge is 0.225 e. The van der Waals surface area contributed by atoms with Crippen molar-refractivity contribution in [1.29, 1.82) is 0 Å². The first-order chi connectivity index (χ1) is 5.63. The van der Waals surface area contributed by atoms with Crippen LogP contribution in [0, 0.1) is 5.41 Å².